The van der Waals surface area contributed by atoms with Crippen molar-refractivity contribution < 1.29 is 13.2 Å². The molecule has 2 nitrogen and oxygen atoms in total. The van der Waals surface area contributed by atoms with Gasteiger partial charge in [0.1, 0.15) is 5.82 Å². The van der Waals surface area contributed by atoms with Gasteiger partial charge in [-0.2, -0.15) is 13.2 Å². The normalized spacial score (nSPS) is 21.2. The highest BCUT2D eigenvalue weighted by molar-refractivity contribution is 5.39. The molecule has 0 unspecified atom stereocenters. The first-order chi connectivity index (χ1) is 8.57. The minimum absolute atomic E-state index is 0.210. The molecule has 0 aromatic carbocycles. The quantitative estimate of drug-likeness (QED) is 0.892. The summed E-state index contributed by atoms with van der Waals surface area (Å²) in [5.74, 6) is 0.727. The Hall–Kier alpha value is -1.26. The number of hydrogen-bond donors (Lipinski definition) is 1. The van der Waals surface area contributed by atoms with Crippen LogP contribution in [0.4, 0.5) is 19.0 Å². The van der Waals surface area contributed by atoms with Crippen molar-refractivity contribution in [1.82, 2.24) is 4.98 Å². The van der Waals surface area contributed by atoms with Gasteiger partial charge in [-0.15, -0.1) is 0 Å². The average Bonchev–Trinajstić information content (AvgIpc) is 2.66. The predicted molar refractivity (Wildman–Crippen MR) is 68.8 cm³/mol. The molecule has 1 aromatic heterocycles. The number of halogens is 3. The highest BCUT2D eigenvalue weighted by Gasteiger charge is 2.64. The summed E-state index contributed by atoms with van der Waals surface area (Å²) in [6.45, 7) is 9.37. The summed E-state index contributed by atoms with van der Waals surface area (Å²) in [4.78, 5) is 3.94. The molecule has 0 bridgehead atoms. The molecule has 0 saturated heterocycles. The highest BCUT2D eigenvalue weighted by atomic mass is 19.4. The predicted octanol–water partition coefficient (Wildman–Crippen LogP) is 4.19. The largest absolute Gasteiger partial charge is 0.416 e. The number of alkyl halides is 3. The fraction of sp³-hybridized carbons (Fsp3) is 0.643. The summed E-state index contributed by atoms with van der Waals surface area (Å²) in [7, 11) is 0. The fourth-order valence-electron chi connectivity index (χ4n) is 2.75. The lowest BCUT2D eigenvalue weighted by Gasteiger charge is -2.10. The van der Waals surface area contributed by atoms with Gasteiger partial charge in [-0.3, -0.25) is 0 Å². The van der Waals surface area contributed by atoms with Gasteiger partial charge in [-0.25, -0.2) is 4.98 Å². The maximum atomic E-state index is 12.6. The number of nitrogens with one attached hydrogen (secondary N) is 1. The minimum Gasteiger partial charge on any atom is -0.370 e. The molecule has 1 heterocycles. The van der Waals surface area contributed by atoms with E-state index in [1.54, 1.807) is 0 Å². The molecular weight excluding hydrogens is 253 g/mol. The summed E-state index contributed by atoms with van der Waals surface area (Å²) in [6.07, 6.45) is -3.13. The van der Waals surface area contributed by atoms with Crippen molar-refractivity contribution >= 4 is 5.82 Å². The fourth-order valence-corrected chi connectivity index (χ4v) is 2.75. The van der Waals surface area contributed by atoms with Crippen LogP contribution in [-0.2, 0) is 6.18 Å². The Labute approximate surface area is 111 Å². The highest BCUT2D eigenvalue weighted by Crippen LogP contribution is 2.68. The van der Waals surface area contributed by atoms with Gasteiger partial charge in [-0.05, 0) is 28.9 Å². The molecule has 1 aromatic rings. The van der Waals surface area contributed by atoms with Gasteiger partial charge < -0.3 is 5.32 Å². The van der Waals surface area contributed by atoms with Gasteiger partial charge in [0, 0.05) is 12.7 Å². The Balaban J connectivity index is 2.02. The Morgan fingerprint density at radius 3 is 2.26 bits per heavy atom. The van der Waals surface area contributed by atoms with Crippen molar-refractivity contribution in [1.29, 1.82) is 0 Å². The monoisotopic (exact) mass is 272 g/mol. The summed E-state index contributed by atoms with van der Waals surface area (Å²) in [6, 6.07) is 2.04. The van der Waals surface area contributed by atoms with E-state index in [0.29, 0.717) is 12.5 Å². The Kier molecular flexibility index (Phi) is 3.07. The second kappa shape index (κ2) is 4.12. The zero-order valence-electron chi connectivity index (χ0n) is 11.6. The lowest BCUT2D eigenvalue weighted by molar-refractivity contribution is -0.137. The maximum absolute atomic E-state index is 12.6. The third-order valence-electron chi connectivity index (χ3n) is 4.89. The van der Waals surface area contributed by atoms with E-state index < -0.39 is 11.7 Å². The Morgan fingerprint density at radius 1 is 1.21 bits per heavy atom. The maximum Gasteiger partial charge on any atom is 0.416 e. The molecule has 0 spiro atoms. The van der Waals surface area contributed by atoms with Gasteiger partial charge in [0.05, 0.1) is 5.56 Å². The standard InChI is InChI=1S/C14H19F3N2/c1-12(2)10(13(12,3)4)8-19-11-7-9(5-6-18-11)14(15,16)17/h5-7,10H,8H2,1-4H3,(H,18,19). The van der Waals surface area contributed by atoms with Gasteiger partial charge in [0.2, 0.25) is 0 Å². The van der Waals surface area contributed by atoms with Crippen LogP contribution in [0.5, 0.6) is 0 Å². The number of nitrogens with zero attached hydrogens (tertiary/aromatic N) is 1. The molecule has 19 heavy (non-hydrogen) atoms. The van der Waals surface area contributed by atoms with Crippen molar-refractivity contribution in [3.63, 3.8) is 0 Å². The molecule has 2 rings (SSSR count). The van der Waals surface area contributed by atoms with Crippen LogP contribution in [-0.4, -0.2) is 11.5 Å². The molecule has 0 aliphatic heterocycles. The molecule has 1 aliphatic carbocycles. The zero-order chi connectivity index (χ0) is 14.5. The van der Waals surface area contributed by atoms with E-state index in [4.69, 9.17) is 0 Å². The molecule has 1 fully saturated rings. The summed E-state index contributed by atoms with van der Waals surface area (Å²) < 4.78 is 37.7. The van der Waals surface area contributed by atoms with Crippen molar-refractivity contribution in [3.8, 4) is 0 Å². The van der Waals surface area contributed by atoms with Crippen molar-refractivity contribution in [2.45, 2.75) is 33.9 Å². The molecule has 5 heteroatoms. The molecule has 1 saturated carbocycles. The van der Waals surface area contributed by atoms with Crippen LogP contribution in [0.3, 0.4) is 0 Å². The molecule has 0 amide bonds. The average molecular weight is 272 g/mol. The Morgan fingerprint density at radius 2 is 1.79 bits per heavy atom. The van der Waals surface area contributed by atoms with E-state index >= 15 is 0 Å². The van der Waals surface area contributed by atoms with Crippen LogP contribution in [0.25, 0.3) is 0 Å². The first kappa shape index (κ1) is 14.2. The second-order valence-electron chi connectivity index (χ2n) is 6.30. The molecule has 0 atom stereocenters. The smallest absolute Gasteiger partial charge is 0.370 e. The van der Waals surface area contributed by atoms with Crippen LogP contribution in [0.1, 0.15) is 33.3 Å². The third kappa shape index (κ3) is 2.42. The number of pyridine rings is 1. The van der Waals surface area contributed by atoms with E-state index in [1.807, 2.05) is 0 Å². The zero-order valence-corrected chi connectivity index (χ0v) is 11.6. The SMILES string of the molecule is CC1(C)C(CNc2cc(C(F)(F)F)ccn2)C1(C)C. The number of aromatic nitrogens is 1. The van der Waals surface area contributed by atoms with Crippen LogP contribution < -0.4 is 5.32 Å². The van der Waals surface area contributed by atoms with Gasteiger partial charge in [0.15, 0.2) is 0 Å². The van der Waals surface area contributed by atoms with Crippen LogP contribution in [0, 0.1) is 16.7 Å². The van der Waals surface area contributed by atoms with E-state index in [-0.39, 0.29) is 16.6 Å². The van der Waals surface area contributed by atoms with Crippen LogP contribution in [0.2, 0.25) is 0 Å². The van der Waals surface area contributed by atoms with E-state index in [9.17, 15) is 13.2 Å². The van der Waals surface area contributed by atoms with E-state index in [1.165, 1.54) is 6.20 Å². The van der Waals surface area contributed by atoms with Crippen LogP contribution >= 0.6 is 0 Å². The summed E-state index contributed by atoms with van der Waals surface area (Å²) >= 11 is 0. The summed E-state index contributed by atoms with van der Waals surface area (Å²) in [5, 5.41) is 3.02. The van der Waals surface area contributed by atoms with Crippen LogP contribution in [0.15, 0.2) is 18.3 Å². The Bertz CT molecular complexity index is 464. The summed E-state index contributed by atoms with van der Waals surface area (Å²) in [5.41, 5.74) is -0.247. The third-order valence-corrected chi connectivity index (χ3v) is 4.89. The molecule has 106 valence electrons. The van der Waals surface area contributed by atoms with E-state index in [2.05, 4.69) is 38.0 Å². The topological polar surface area (TPSA) is 24.9 Å². The van der Waals surface area contributed by atoms with Gasteiger partial charge >= 0.3 is 6.18 Å². The molecular formula is C14H19F3N2. The number of rotatable bonds is 3. The number of hydrogen-bond acceptors (Lipinski definition) is 2. The van der Waals surface area contributed by atoms with E-state index in [0.717, 1.165) is 12.1 Å². The van der Waals surface area contributed by atoms with Gasteiger partial charge in [0.25, 0.3) is 0 Å². The second-order valence-corrected chi connectivity index (χ2v) is 6.30. The minimum atomic E-state index is -4.32. The molecule has 0 radical (unpaired) electrons. The van der Waals surface area contributed by atoms with Crippen molar-refractivity contribution in [2.75, 3.05) is 11.9 Å². The lowest BCUT2D eigenvalue weighted by atomic mass is 10.0. The molecule has 1 N–H and O–H groups in total. The number of anilines is 1. The lowest BCUT2D eigenvalue weighted by Crippen LogP contribution is -2.11. The van der Waals surface area contributed by atoms with Gasteiger partial charge in [-0.1, -0.05) is 27.7 Å². The first-order valence-corrected chi connectivity index (χ1v) is 6.34. The molecule has 1 aliphatic rings. The first-order valence-electron chi connectivity index (χ1n) is 6.34. The van der Waals surface area contributed by atoms with Crippen molar-refractivity contribution in [3.05, 3.63) is 23.9 Å². The van der Waals surface area contributed by atoms with Crippen molar-refractivity contribution in [2.24, 2.45) is 16.7 Å².